The van der Waals surface area contributed by atoms with Gasteiger partial charge in [-0.25, -0.2) is 0 Å². The van der Waals surface area contributed by atoms with E-state index >= 15 is 0 Å². The predicted octanol–water partition coefficient (Wildman–Crippen LogP) is 5.53. The zero-order valence-electron chi connectivity index (χ0n) is 17.4. The summed E-state index contributed by atoms with van der Waals surface area (Å²) in [4.78, 5) is 13.9. The molecule has 0 aromatic heterocycles. The number of carbonyl (C=O) groups is 1. The predicted molar refractivity (Wildman–Crippen MR) is 102 cm³/mol. The Morgan fingerprint density at radius 2 is 1.57 bits per heavy atom. The second-order valence-electron chi connectivity index (χ2n) is 6.90. The number of carbonyl (C=O) groups excluding carboxylic acids is 1. The fourth-order valence-electron chi connectivity index (χ4n) is 2.63. The van der Waals surface area contributed by atoms with Gasteiger partial charge in [0.25, 0.3) is 0 Å². The Labute approximate surface area is 146 Å². The highest BCUT2D eigenvalue weighted by Crippen LogP contribution is 2.39. The summed E-state index contributed by atoms with van der Waals surface area (Å²) >= 11 is 0. The van der Waals surface area contributed by atoms with Gasteiger partial charge in [0, 0.05) is 0 Å². The summed E-state index contributed by atoms with van der Waals surface area (Å²) < 4.78 is 5.68. The van der Waals surface area contributed by atoms with Crippen molar-refractivity contribution in [3.05, 3.63) is 0 Å². The summed E-state index contributed by atoms with van der Waals surface area (Å²) in [6.45, 7) is 18.9. The second-order valence-corrected chi connectivity index (χ2v) is 6.90. The van der Waals surface area contributed by atoms with Gasteiger partial charge in [0.05, 0.1) is 5.92 Å². The highest BCUT2D eigenvalue weighted by Gasteiger charge is 2.40. The SMILES string of the molecule is CC.CC(C)C(=O)OC1(C(C)C)CCCC1.CCCN(C)CC. The van der Waals surface area contributed by atoms with Gasteiger partial charge in [-0.15, -0.1) is 0 Å². The fraction of sp³-hybridized carbons (Fsp3) is 0.950. The van der Waals surface area contributed by atoms with Crippen LogP contribution in [0, 0.1) is 11.8 Å². The van der Waals surface area contributed by atoms with E-state index in [0.717, 1.165) is 12.8 Å². The van der Waals surface area contributed by atoms with E-state index < -0.39 is 0 Å². The quantitative estimate of drug-likeness (QED) is 0.600. The molecule has 1 aliphatic rings. The summed E-state index contributed by atoms with van der Waals surface area (Å²) in [6, 6.07) is 0. The van der Waals surface area contributed by atoms with Crippen LogP contribution in [0.2, 0.25) is 0 Å². The molecule has 3 heteroatoms. The van der Waals surface area contributed by atoms with Crippen LogP contribution in [0.1, 0.15) is 87.5 Å². The van der Waals surface area contributed by atoms with Gasteiger partial charge < -0.3 is 9.64 Å². The van der Waals surface area contributed by atoms with Crippen LogP contribution < -0.4 is 0 Å². The van der Waals surface area contributed by atoms with E-state index in [1.807, 2.05) is 27.7 Å². The van der Waals surface area contributed by atoms with Crippen molar-refractivity contribution in [2.24, 2.45) is 11.8 Å². The van der Waals surface area contributed by atoms with Crippen LogP contribution in [0.25, 0.3) is 0 Å². The third-order valence-corrected chi connectivity index (χ3v) is 4.42. The highest BCUT2D eigenvalue weighted by atomic mass is 16.6. The second kappa shape index (κ2) is 13.8. The fourth-order valence-corrected chi connectivity index (χ4v) is 2.63. The maximum absolute atomic E-state index is 11.6. The summed E-state index contributed by atoms with van der Waals surface area (Å²) in [5.74, 6) is 0.388. The smallest absolute Gasteiger partial charge is 0.308 e. The normalized spacial score (nSPS) is 15.8. The minimum Gasteiger partial charge on any atom is -0.459 e. The summed E-state index contributed by atoms with van der Waals surface area (Å²) in [5, 5.41) is 0. The van der Waals surface area contributed by atoms with Crippen LogP contribution >= 0.6 is 0 Å². The largest absolute Gasteiger partial charge is 0.459 e. The first-order valence-corrected chi connectivity index (χ1v) is 9.70. The maximum Gasteiger partial charge on any atom is 0.308 e. The zero-order chi connectivity index (χ0) is 18.5. The van der Waals surface area contributed by atoms with E-state index in [0.29, 0.717) is 5.92 Å². The molecule has 0 amide bonds. The molecule has 0 radical (unpaired) electrons. The van der Waals surface area contributed by atoms with Crippen molar-refractivity contribution >= 4 is 5.97 Å². The number of hydrogen-bond acceptors (Lipinski definition) is 3. The van der Waals surface area contributed by atoms with Gasteiger partial charge in [0.15, 0.2) is 0 Å². The molecule has 0 aliphatic heterocycles. The van der Waals surface area contributed by atoms with Crippen molar-refractivity contribution in [3.8, 4) is 0 Å². The molecule has 3 nitrogen and oxygen atoms in total. The van der Waals surface area contributed by atoms with Crippen LogP contribution in [0.15, 0.2) is 0 Å². The van der Waals surface area contributed by atoms with Crippen LogP contribution in [-0.4, -0.2) is 36.6 Å². The minimum absolute atomic E-state index is 0.00812. The Bertz CT molecular complexity index is 281. The number of ether oxygens (including phenoxy) is 1. The van der Waals surface area contributed by atoms with Crippen molar-refractivity contribution in [2.45, 2.75) is 93.1 Å². The molecule has 0 bridgehead atoms. The average Bonchev–Trinajstić information content (AvgIpc) is 3.00. The van der Waals surface area contributed by atoms with Gasteiger partial charge in [-0.2, -0.15) is 0 Å². The Morgan fingerprint density at radius 3 is 1.83 bits per heavy atom. The Hall–Kier alpha value is -0.570. The lowest BCUT2D eigenvalue weighted by molar-refractivity contribution is -0.168. The van der Waals surface area contributed by atoms with Crippen LogP contribution in [0.5, 0.6) is 0 Å². The summed E-state index contributed by atoms with van der Waals surface area (Å²) in [5.41, 5.74) is -0.151. The van der Waals surface area contributed by atoms with E-state index in [4.69, 9.17) is 4.74 Å². The van der Waals surface area contributed by atoms with Crippen molar-refractivity contribution in [1.29, 1.82) is 0 Å². The lowest BCUT2D eigenvalue weighted by atomic mass is 9.88. The number of hydrogen-bond donors (Lipinski definition) is 0. The third kappa shape index (κ3) is 10.0. The van der Waals surface area contributed by atoms with E-state index in [1.165, 1.54) is 32.4 Å². The van der Waals surface area contributed by atoms with Crippen molar-refractivity contribution in [3.63, 3.8) is 0 Å². The first kappa shape index (κ1) is 24.7. The number of nitrogens with zero attached hydrogens (tertiary/aromatic N) is 1. The molecule has 0 N–H and O–H groups in total. The monoisotopic (exact) mass is 329 g/mol. The molecule has 0 spiro atoms. The van der Waals surface area contributed by atoms with Gasteiger partial charge in [-0.1, -0.05) is 55.4 Å². The molecule has 0 heterocycles. The van der Waals surface area contributed by atoms with E-state index in [9.17, 15) is 4.79 Å². The Morgan fingerprint density at radius 1 is 1.09 bits per heavy atom. The molecule has 0 saturated heterocycles. The molecular weight excluding hydrogens is 286 g/mol. The van der Waals surface area contributed by atoms with Gasteiger partial charge in [-0.05, 0) is 58.2 Å². The van der Waals surface area contributed by atoms with Crippen LogP contribution in [-0.2, 0) is 9.53 Å². The molecule has 0 unspecified atom stereocenters. The van der Waals surface area contributed by atoms with Crippen molar-refractivity contribution in [2.75, 3.05) is 20.1 Å². The topological polar surface area (TPSA) is 29.5 Å². The Kier molecular flexibility index (Phi) is 14.8. The standard InChI is InChI=1S/C12H22O2.C6H15N.C2H6/c1-9(2)11(13)14-12(10(3)4)7-5-6-8-12;1-4-6-7(3)5-2;1-2/h9-10H,5-8H2,1-4H3;4-6H2,1-3H3;1-2H3. The molecule has 0 aromatic carbocycles. The minimum atomic E-state index is -0.151. The molecule has 23 heavy (non-hydrogen) atoms. The molecule has 0 aromatic rings. The van der Waals surface area contributed by atoms with Crippen LogP contribution in [0.4, 0.5) is 0 Å². The number of rotatable bonds is 6. The number of esters is 1. The Balaban J connectivity index is 0. The van der Waals surface area contributed by atoms with Gasteiger partial charge in [-0.3, -0.25) is 4.79 Å². The molecule has 1 rings (SSSR count). The van der Waals surface area contributed by atoms with E-state index in [2.05, 4.69) is 39.6 Å². The molecule has 140 valence electrons. The lowest BCUT2D eigenvalue weighted by Crippen LogP contribution is -2.38. The highest BCUT2D eigenvalue weighted by molar-refractivity contribution is 5.72. The molecule has 0 atom stereocenters. The molecule has 1 saturated carbocycles. The first-order valence-electron chi connectivity index (χ1n) is 9.70. The maximum atomic E-state index is 11.6. The van der Waals surface area contributed by atoms with Crippen molar-refractivity contribution < 1.29 is 9.53 Å². The molecular formula is C20H43NO2. The van der Waals surface area contributed by atoms with E-state index in [-0.39, 0.29) is 17.5 Å². The summed E-state index contributed by atoms with van der Waals surface area (Å²) in [6.07, 6.45) is 5.75. The third-order valence-electron chi connectivity index (χ3n) is 4.42. The zero-order valence-corrected chi connectivity index (χ0v) is 17.4. The van der Waals surface area contributed by atoms with Gasteiger partial charge >= 0.3 is 5.97 Å². The lowest BCUT2D eigenvalue weighted by Gasteiger charge is -2.33. The molecule has 1 aliphatic carbocycles. The average molecular weight is 330 g/mol. The van der Waals surface area contributed by atoms with Gasteiger partial charge in [0.2, 0.25) is 0 Å². The first-order chi connectivity index (χ1) is 10.8. The van der Waals surface area contributed by atoms with Crippen molar-refractivity contribution in [1.82, 2.24) is 4.90 Å². The molecule has 1 fully saturated rings. The van der Waals surface area contributed by atoms with E-state index in [1.54, 1.807) is 0 Å². The van der Waals surface area contributed by atoms with Crippen LogP contribution in [0.3, 0.4) is 0 Å². The summed E-state index contributed by atoms with van der Waals surface area (Å²) in [7, 11) is 2.14. The van der Waals surface area contributed by atoms with Gasteiger partial charge in [0.1, 0.15) is 5.60 Å².